The summed E-state index contributed by atoms with van der Waals surface area (Å²) < 4.78 is 0. The third kappa shape index (κ3) is 2.72. The molecule has 3 heteroatoms. The monoisotopic (exact) mass is 182 g/mol. The Bertz CT molecular complexity index is 243. The van der Waals surface area contributed by atoms with Gasteiger partial charge in [0.05, 0.1) is 6.61 Å². The van der Waals surface area contributed by atoms with Crippen LogP contribution in [0.5, 0.6) is 5.75 Å². The number of hydrogen-bond donors (Lipinski definition) is 3. The molecule has 0 spiro atoms. The van der Waals surface area contributed by atoms with Gasteiger partial charge in [0.1, 0.15) is 5.75 Å². The standard InChI is InChI=1S/C10H14O3/c11-6-5-9(7-12)8-1-3-10(13)4-2-8/h1-4,9,11-13H,5-7H2. The summed E-state index contributed by atoms with van der Waals surface area (Å²) in [6, 6.07) is 6.67. The predicted octanol–water partition coefficient (Wildman–Crippen LogP) is 0.851. The first-order chi connectivity index (χ1) is 6.27. The molecule has 0 amide bonds. The second-order valence-corrected chi connectivity index (χ2v) is 2.98. The average molecular weight is 182 g/mol. The van der Waals surface area contributed by atoms with Crippen molar-refractivity contribution in [3.8, 4) is 5.75 Å². The lowest BCUT2D eigenvalue weighted by Crippen LogP contribution is -2.05. The third-order valence-electron chi connectivity index (χ3n) is 2.06. The van der Waals surface area contributed by atoms with Gasteiger partial charge in [0.2, 0.25) is 0 Å². The smallest absolute Gasteiger partial charge is 0.115 e. The van der Waals surface area contributed by atoms with Crippen LogP contribution in [0.4, 0.5) is 0 Å². The maximum atomic E-state index is 9.03. The van der Waals surface area contributed by atoms with Crippen LogP contribution in [0.1, 0.15) is 17.9 Å². The van der Waals surface area contributed by atoms with Gasteiger partial charge in [-0.05, 0) is 24.1 Å². The van der Waals surface area contributed by atoms with Crippen molar-refractivity contribution in [3.05, 3.63) is 29.8 Å². The van der Waals surface area contributed by atoms with E-state index in [4.69, 9.17) is 15.3 Å². The van der Waals surface area contributed by atoms with Crippen LogP contribution in [-0.2, 0) is 0 Å². The average Bonchev–Trinajstić information content (AvgIpc) is 2.16. The summed E-state index contributed by atoms with van der Waals surface area (Å²) in [7, 11) is 0. The molecule has 0 aliphatic carbocycles. The van der Waals surface area contributed by atoms with Crippen molar-refractivity contribution >= 4 is 0 Å². The van der Waals surface area contributed by atoms with Crippen LogP contribution < -0.4 is 0 Å². The molecule has 13 heavy (non-hydrogen) atoms. The number of aliphatic hydroxyl groups is 2. The summed E-state index contributed by atoms with van der Waals surface area (Å²) in [5.74, 6) is 0.176. The molecule has 0 aromatic heterocycles. The van der Waals surface area contributed by atoms with Gasteiger partial charge >= 0.3 is 0 Å². The molecule has 0 saturated carbocycles. The topological polar surface area (TPSA) is 60.7 Å². The summed E-state index contributed by atoms with van der Waals surface area (Å²) in [4.78, 5) is 0. The molecule has 0 fully saturated rings. The van der Waals surface area contributed by atoms with Crippen LogP contribution in [-0.4, -0.2) is 28.5 Å². The number of hydrogen-bond acceptors (Lipinski definition) is 3. The third-order valence-corrected chi connectivity index (χ3v) is 2.06. The Hall–Kier alpha value is -1.06. The van der Waals surface area contributed by atoms with E-state index >= 15 is 0 Å². The van der Waals surface area contributed by atoms with Gasteiger partial charge in [0, 0.05) is 12.5 Å². The highest BCUT2D eigenvalue weighted by molar-refractivity contribution is 5.28. The number of aliphatic hydroxyl groups excluding tert-OH is 2. The van der Waals surface area contributed by atoms with Crippen molar-refractivity contribution in [2.75, 3.05) is 13.2 Å². The van der Waals surface area contributed by atoms with Crippen molar-refractivity contribution in [3.63, 3.8) is 0 Å². The Kier molecular flexibility index (Phi) is 3.73. The second kappa shape index (κ2) is 4.84. The van der Waals surface area contributed by atoms with E-state index in [2.05, 4.69) is 0 Å². The molecule has 3 N–H and O–H groups in total. The van der Waals surface area contributed by atoms with Gasteiger partial charge < -0.3 is 15.3 Å². The van der Waals surface area contributed by atoms with Crippen LogP contribution >= 0.6 is 0 Å². The van der Waals surface area contributed by atoms with Crippen LogP contribution in [0.25, 0.3) is 0 Å². The van der Waals surface area contributed by atoms with Gasteiger partial charge in [-0.2, -0.15) is 0 Å². The minimum absolute atomic E-state index is 0.0192. The highest BCUT2D eigenvalue weighted by Crippen LogP contribution is 2.20. The Morgan fingerprint density at radius 3 is 2.15 bits per heavy atom. The molecule has 1 rings (SSSR count). The van der Waals surface area contributed by atoms with Gasteiger partial charge in [0.15, 0.2) is 0 Å². The van der Waals surface area contributed by atoms with Crippen molar-refractivity contribution in [2.24, 2.45) is 0 Å². The van der Waals surface area contributed by atoms with Crippen molar-refractivity contribution in [1.29, 1.82) is 0 Å². The lowest BCUT2D eigenvalue weighted by molar-refractivity contribution is 0.220. The molecular formula is C10H14O3. The van der Waals surface area contributed by atoms with E-state index in [1.807, 2.05) is 0 Å². The molecule has 0 radical (unpaired) electrons. The Morgan fingerprint density at radius 1 is 1.08 bits per heavy atom. The first-order valence-corrected chi connectivity index (χ1v) is 4.28. The van der Waals surface area contributed by atoms with E-state index in [0.29, 0.717) is 6.42 Å². The van der Waals surface area contributed by atoms with Gasteiger partial charge in [-0.15, -0.1) is 0 Å². The minimum Gasteiger partial charge on any atom is -0.508 e. The van der Waals surface area contributed by atoms with Crippen LogP contribution in [0.15, 0.2) is 24.3 Å². The molecule has 1 atom stereocenters. The molecule has 72 valence electrons. The van der Waals surface area contributed by atoms with Gasteiger partial charge in [0.25, 0.3) is 0 Å². The molecule has 0 saturated heterocycles. The van der Waals surface area contributed by atoms with E-state index in [-0.39, 0.29) is 24.9 Å². The molecule has 3 nitrogen and oxygen atoms in total. The first kappa shape index (κ1) is 10.0. The van der Waals surface area contributed by atoms with Gasteiger partial charge in [-0.25, -0.2) is 0 Å². The van der Waals surface area contributed by atoms with Crippen molar-refractivity contribution in [1.82, 2.24) is 0 Å². The lowest BCUT2D eigenvalue weighted by Gasteiger charge is -2.12. The van der Waals surface area contributed by atoms with Crippen molar-refractivity contribution in [2.45, 2.75) is 12.3 Å². The number of phenols is 1. The normalized spacial score (nSPS) is 12.8. The zero-order chi connectivity index (χ0) is 9.68. The molecule has 1 aromatic rings. The quantitative estimate of drug-likeness (QED) is 0.647. The van der Waals surface area contributed by atoms with E-state index < -0.39 is 0 Å². The molecule has 1 aromatic carbocycles. The highest BCUT2D eigenvalue weighted by Gasteiger charge is 2.08. The van der Waals surface area contributed by atoms with E-state index in [1.165, 1.54) is 0 Å². The lowest BCUT2D eigenvalue weighted by atomic mass is 9.97. The highest BCUT2D eigenvalue weighted by atomic mass is 16.3. The van der Waals surface area contributed by atoms with Crippen LogP contribution in [0, 0.1) is 0 Å². The molecule has 1 unspecified atom stereocenters. The van der Waals surface area contributed by atoms with E-state index in [0.717, 1.165) is 5.56 Å². The van der Waals surface area contributed by atoms with Gasteiger partial charge in [-0.3, -0.25) is 0 Å². The fourth-order valence-corrected chi connectivity index (χ4v) is 1.27. The van der Waals surface area contributed by atoms with Crippen LogP contribution in [0.2, 0.25) is 0 Å². The number of benzene rings is 1. The predicted molar refractivity (Wildman–Crippen MR) is 49.6 cm³/mol. The summed E-state index contributed by atoms with van der Waals surface area (Å²) in [6.07, 6.45) is 0.543. The van der Waals surface area contributed by atoms with Crippen LogP contribution in [0.3, 0.4) is 0 Å². The summed E-state index contributed by atoms with van der Waals surface area (Å²) in [5, 5.41) is 26.8. The second-order valence-electron chi connectivity index (χ2n) is 2.98. The minimum atomic E-state index is -0.0365. The van der Waals surface area contributed by atoms with E-state index in [9.17, 15) is 0 Å². The maximum Gasteiger partial charge on any atom is 0.115 e. The number of phenolic OH excluding ortho intramolecular Hbond substituents is 1. The zero-order valence-electron chi connectivity index (χ0n) is 7.35. The molecule has 0 aliphatic heterocycles. The maximum absolute atomic E-state index is 9.03. The summed E-state index contributed by atoms with van der Waals surface area (Å²) >= 11 is 0. The molecule has 0 aliphatic rings. The molecule has 0 heterocycles. The number of aromatic hydroxyl groups is 1. The number of rotatable bonds is 4. The summed E-state index contributed by atoms with van der Waals surface area (Å²) in [6.45, 7) is 0.0808. The molecule has 0 bridgehead atoms. The molecular weight excluding hydrogens is 168 g/mol. The zero-order valence-corrected chi connectivity index (χ0v) is 7.35. The Balaban J connectivity index is 2.73. The fourth-order valence-electron chi connectivity index (χ4n) is 1.27. The Labute approximate surface area is 77.3 Å². The Morgan fingerprint density at radius 2 is 1.69 bits per heavy atom. The van der Waals surface area contributed by atoms with Gasteiger partial charge in [-0.1, -0.05) is 12.1 Å². The van der Waals surface area contributed by atoms with Crippen molar-refractivity contribution < 1.29 is 15.3 Å². The first-order valence-electron chi connectivity index (χ1n) is 4.28. The SMILES string of the molecule is OCCC(CO)c1ccc(O)cc1. The fraction of sp³-hybridized carbons (Fsp3) is 0.400. The largest absolute Gasteiger partial charge is 0.508 e. The van der Waals surface area contributed by atoms with E-state index in [1.54, 1.807) is 24.3 Å². The summed E-state index contributed by atoms with van der Waals surface area (Å²) in [5.41, 5.74) is 0.939.